The molecule has 4 rings (SSSR count). The highest BCUT2D eigenvalue weighted by molar-refractivity contribution is 5.99. The van der Waals surface area contributed by atoms with Crippen molar-refractivity contribution >= 4 is 5.78 Å². The van der Waals surface area contributed by atoms with Crippen LogP contribution in [0.2, 0.25) is 0 Å². The van der Waals surface area contributed by atoms with Crippen LogP contribution in [0.4, 0.5) is 0 Å². The molecule has 2 fully saturated rings. The Hall–Kier alpha value is -1.39. The molecular weight excluding hydrogens is 304 g/mol. The van der Waals surface area contributed by atoms with Crippen LogP contribution in [0.15, 0.2) is 18.2 Å². The first-order valence-corrected chi connectivity index (χ1v) is 9.23. The first-order valence-electron chi connectivity index (χ1n) is 9.23. The summed E-state index contributed by atoms with van der Waals surface area (Å²) in [5.74, 6) is 1.84. The molecule has 3 aliphatic carbocycles. The van der Waals surface area contributed by atoms with E-state index in [1.807, 2.05) is 25.1 Å². The smallest absolute Gasteiger partial charge is 0.163 e. The number of aliphatic hydroxyl groups is 2. The lowest BCUT2D eigenvalue weighted by atomic mass is 9.54. The molecule has 2 N–H and O–H groups in total. The molecule has 0 aromatic heterocycles. The molecule has 0 saturated heterocycles. The minimum absolute atomic E-state index is 0.199. The number of hydrogen-bond acceptors (Lipinski definition) is 4. The zero-order valence-electron chi connectivity index (χ0n) is 14.2. The Bertz CT molecular complexity index is 653. The summed E-state index contributed by atoms with van der Waals surface area (Å²) in [5.41, 5.74) is 1.57. The summed E-state index contributed by atoms with van der Waals surface area (Å²) in [6, 6.07) is 5.85. The second kappa shape index (κ2) is 5.85. The van der Waals surface area contributed by atoms with E-state index in [2.05, 4.69) is 0 Å². The van der Waals surface area contributed by atoms with Crippen molar-refractivity contribution in [3.63, 3.8) is 0 Å². The molecule has 24 heavy (non-hydrogen) atoms. The fourth-order valence-corrected chi connectivity index (χ4v) is 5.80. The number of benzene rings is 1. The number of fused-ring (bicyclic) bond motifs is 5. The van der Waals surface area contributed by atoms with Crippen molar-refractivity contribution in [2.75, 3.05) is 6.61 Å². The summed E-state index contributed by atoms with van der Waals surface area (Å²) < 4.78 is 5.64. The molecular formula is C20H26O4. The van der Waals surface area contributed by atoms with Gasteiger partial charge in [-0.1, -0.05) is 6.42 Å². The lowest BCUT2D eigenvalue weighted by Gasteiger charge is -2.50. The average molecular weight is 330 g/mol. The largest absolute Gasteiger partial charge is 0.494 e. The first kappa shape index (κ1) is 16.1. The maximum Gasteiger partial charge on any atom is 0.163 e. The van der Waals surface area contributed by atoms with Gasteiger partial charge in [-0.15, -0.1) is 0 Å². The van der Waals surface area contributed by atoms with E-state index in [1.54, 1.807) is 0 Å². The SMILES string of the molecule is CCOc1ccc2c(c1)[C@H]1CC[C@]3(C(O)O)CCC[C@H]3[C@@H]1CC2=O. The third-order valence-corrected chi connectivity index (χ3v) is 6.82. The van der Waals surface area contributed by atoms with Crippen LogP contribution in [0.1, 0.15) is 67.3 Å². The van der Waals surface area contributed by atoms with Gasteiger partial charge in [0, 0.05) is 17.4 Å². The molecule has 0 spiro atoms. The molecule has 0 heterocycles. The topological polar surface area (TPSA) is 66.8 Å². The molecule has 4 atom stereocenters. The van der Waals surface area contributed by atoms with E-state index < -0.39 is 11.7 Å². The van der Waals surface area contributed by atoms with E-state index in [0.717, 1.165) is 49.0 Å². The number of carbonyl (C=O) groups is 1. The summed E-state index contributed by atoms with van der Waals surface area (Å²) in [7, 11) is 0. The molecule has 0 radical (unpaired) electrons. The number of aliphatic hydroxyl groups excluding tert-OH is 1. The Labute approximate surface area is 142 Å². The molecule has 3 aliphatic rings. The van der Waals surface area contributed by atoms with Crippen LogP contribution >= 0.6 is 0 Å². The maximum atomic E-state index is 12.7. The van der Waals surface area contributed by atoms with Crippen LogP contribution in [-0.4, -0.2) is 28.9 Å². The van der Waals surface area contributed by atoms with Crippen LogP contribution in [0.25, 0.3) is 0 Å². The van der Waals surface area contributed by atoms with Crippen molar-refractivity contribution in [3.8, 4) is 5.75 Å². The zero-order chi connectivity index (χ0) is 16.9. The molecule has 0 bridgehead atoms. The van der Waals surface area contributed by atoms with Crippen LogP contribution in [0.3, 0.4) is 0 Å². The minimum Gasteiger partial charge on any atom is -0.494 e. The molecule has 4 heteroatoms. The van der Waals surface area contributed by atoms with Crippen LogP contribution < -0.4 is 4.74 Å². The molecule has 1 aromatic rings. The number of Topliss-reactive ketones (excluding diaryl/α,β-unsaturated/α-hetero) is 1. The number of ketones is 1. The van der Waals surface area contributed by atoms with Crippen LogP contribution in [0.5, 0.6) is 5.75 Å². The number of rotatable bonds is 3. The van der Waals surface area contributed by atoms with E-state index >= 15 is 0 Å². The predicted octanol–water partition coefficient (Wildman–Crippen LogP) is 3.26. The fourth-order valence-electron chi connectivity index (χ4n) is 5.80. The third kappa shape index (κ3) is 2.23. The average Bonchev–Trinajstić information content (AvgIpc) is 3.01. The summed E-state index contributed by atoms with van der Waals surface area (Å²) in [4.78, 5) is 12.7. The van der Waals surface area contributed by atoms with Gasteiger partial charge in [-0.3, -0.25) is 4.79 Å². The van der Waals surface area contributed by atoms with Gasteiger partial charge in [0.25, 0.3) is 0 Å². The Kier molecular flexibility index (Phi) is 3.92. The third-order valence-electron chi connectivity index (χ3n) is 6.82. The van der Waals surface area contributed by atoms with Crippen LogP contribution in [-0.2, 0) is 0 Å². The minimum atomic E-state index is -1.27. The lowest BCUT2D eigenvalue weighted by Crippen LogP contribution is -2.48. The zero-order valence-corrected chi connectivity index (χ0v) is 14.2. The number of ether oxygens (including phenoxy) is 1. The Morgan fingerprint density at radius 3 is 2.88 bits per heavy atom. The van der Waals surface area contributed by atoms with Crippen molar-refractivity contribution in [1.29, 1.82) is 0 Å². The molecule has 4 nitrogen and oxygen atoms in total. The highest BCUT2D eigenvalue weighted by Gasteiger charge is 2.56. The van der Waals surface area contributed by atoms with Gasteiger partial charge in [0.15, 0.2) is 12.1 Å². The van der Waals surface area contributed by atoms with Crippen LogP contribution in [0, 0.1) is 17.3 Å². The van der Waals surface area contributed by atoms with Gasteiger partial charge in [-0.25, -0.2) is 0 Å². The van der Waals surface area contributed by atoms with E-state index in [-0.39, 0.29) is 17.6 Å². The lowest BCUT2D eigenvalue weighted by molar-refractivity contribution is -0.174. The van der Waals surface area contributed by atoms with E-state index in [4.69, 9.17) is 4.74 Å². The van der Waals surface area contributed by atoms with Gasteiger partial charge in [-0.05, 0) is 74.1 Å². The normalized spacial score (nSPS) is 34.7. The number of hydrogen-bond donors (Lipinski definition) is 2. The number of carbonyl (C=O) groups excluding carboxylic acids is 1. The summed E-state index contributed by atoms with van der Waals surface area (Å²) in [6.45, 7) is 2.58. The fraction of sp³-hybridized carbons (Fsp3) is 0.650. The van der Waals surface area contributed by atoms with Gasteiger partial charge < -0.3 is 14.9 Å². The quantitative estimate of drug-likeness (QED) is 0.835. The van der Waals surface area contributed by atoms with E-state index in [1.165, 1.54) is 0 Å². The summed E-state index contributed by atoms with van der Waals surface area (Å²) >= 11 is 0. The molecule has 2 saturated carbocycles. The van der Waals surface area contributed by atoms with Crippen molar-refractivity contribution in [3.05, 3.63) is 29.3 Å². The molecule has 0 unspecified atom stereocenters. The Morgan fingerprint density at radius 2 is 2.12 bits per heavy atom. The predicted molar refractivity (Wildman–Crippen MR) is 90.0 cm³/mol. The van der Waals surface area contributed by atoms with Gasteiger partial charge in [0.2, 0.25) is 0 Å². The van der Waals surface area contributed by atoms with Gasteiger partial charge in [-0.2, -0.15) is 0 Å². The van der Waals surface area contributed by atoms with E-state index in [0.29, 0.717) is 18.9 Å². The second-order valence-electron chi connectivity index (χ2n) is 7.72. The summed E-state index contributed by atoms with van der Waals surface area (Å²) in [5, 5.41) is 20.1. The van der Waals surface area contributed by atoms with Gasteiger partial charge in [0.1, 0.15) is 5.75 Å². The van der Waals surface area contributed by atoms with Crippen molar-refractivity contribution < 1.29 is 19.7 Å². The van der Waals surface area contributed by atoms with E-state index in [9.17, 15) is 15.0 Å². The van der Waals surface area contributed by atoms with Crippen molar-refractivity contribution in [2.45, 2.75) is 57.7 Å². The highest BCUT2D eigenvalue weighted by Crippen LogP contribution is 2.62. The van der Waals surface area contributed by atoms with Crippen molar-refractivity contribution in [2.24, 2.45) is 17.3 Å². The molecule has 130 valence electrons. The first-order chi connectivity index (χ1) is 11.6. The van der Waals surface area contributed by atoms with Gasteiger partial charge >= 0.3 is 0 Å². The monoisotopic (exact) mass is 330 g/mol. The maximum absolute atomic E-state index is 12.7. The molecule has 0 amide bonds. The Morgan fingerprint density at radius 1 is 1.29 bits per heavy atom. The standard InChI is InChI=1S/C20H26O4/c1-2-24-12-5-6-14-15(10-12)13-7-9-20(19(22)23)8-3-4-17(20)16(13)11-18(14)21/h5-6,10,13,16-17,19,22-23H,2-4,7-9,11H2,1H3/t13-,16-,17+,20-/m1/s1. The highest BCUT2D eigenvalue weighted by atomic mass is 16.5. The second-order valence-corrected chi connectivity index (χ2v) is 7.72. The molecule has 0 aliphatic heterocycles. The van der Waals surface area contributed by atoms with Gasteiger partial charge in [0.05, 0.1) is 6.61 Å². The molecule has 1 aromatic carbocycles. The summed E-state index contributed by atoms with van der Waals surface area (Å²) in [6.07, 6.45) is 3.95. The Balaban J connectivity index is 1.73. The van der Waals surface area contributed by atoms with Crippen molar-refractivity contribution in [1.82, 2.24) is 0 Å².